The number of benzene rings is 2. The average molecular weight is 433 g/mol. The number of carbonyl (C=O) groups excluding carboxylic acids is 1. The number of likely N-dealkylation sites (tertiary alicyclic amines) is 1. The molecule has 1 amide bonds. The lowest BCUT2D eigenvalue weighted by atomic mass is 9.55. The van der Waals surface area contributed by atoms with Crippen LogP contribution in [0, 0.1) is 11.3 Å². The minimum Gasteiger partial charge on any atom is -0.302 e. The number of hydrogen-bond acceptors (Lipinski definition) is 4. The molecule has 1 N–H and O–H groups in total. The molecule has 0 bridgehead atoms. The fourth-order valence-corrected chi connectivity index (χ4v) is 6.10. The van der Waals surface area contributed by atoms with Crippen molar-refractivity contribution in [1.82, 2.24) is 9.62 Å². The van der Waals surface area contributed by atoms with Crippen LogP contribution in [0.4, 0.5) is 0 Å². The van der Waals surface area contributed by atoms with E-state index in [1.165, 1.54) is 17.7 Å². The predicted molar refractivity (Wildman–Crippen MR) is 113 cm³/mol. The molecule has 1 aliphatic heterocycles. The zero-order chi connectivity index (χ0) is 20.5. The van der Waals surface area contributed by atoms with E-state index in [1.807, 2.05) is 6.07 Å². The van der Waals surface area contributed by atoms with Gasteiger partial charge in [-0.1, -0.05) is 54.1 Å². The SMILES string of the molecule is O=C(NS(=O)(=O)c1ccccc1Cl)C1CCC12CN(CCCc1ccccc1)C2. The molecule has 0 aromatic heterocycles. The zero-order valence-corrected chi connectivity index (χ0v) is 17.8. The first-order chi connectivity index (χ1) is 13.9. The second-order valence-electron chi connectivity index (χ2n) is 8.15. The minimum atomic E-state index is -3.95. The first-order valence-electron chi connectivity index (χ1n) is 9.97. The van der Waals surface area contributed by atoms with Crippen LogP contribution in [0.3, 0.4) is 0 Å². The third-order valence-electron chi connectivity index (χ3n) is 6.21. The van der Waals surface area contributed by atoms with E-state index < -0.39 is 15.9 Å². The van der Waals surface area contributed by atoms with Gasteiger partial charge in [-0.05, 0) is 49.9 Å². The lowest BCUT2D eigenvalue weighted by molar-refractivity contribution is -0.153. The van der Waals surface area contributed by atoms with Gasteiger partial charge in [0.1, 0.15) is 4.90 Å². The van der Waals surface area contributed by atoms with Crippen LogP contribution < -0.4 is 4.72 Å². The van der Waals surface area contributed by atoms with Crippen LogP contribution >= 0.6 is 11.6 Å². The highest BCUT2D eigenvalue weighted by atomic mass is 35.5. The summed E-state index contributed by atoms with van der Waals surface area (Å²) in [4.78, 5) is 15.0. The van der Waals surface area contributed by atoms with E-state index in [-0.39, 0.29) is 21.3 Å². The van der Waals surface area contributed by atoms with Crippen molar-refractivity contribution in [2.45, 2.75) is 30.6 Å². The molecule has 2 aromatic rings. The number of nitrogens with zero attached hydrogens (tertiary/aromatic N) is 1. The fourth-order valence-electron chi connectivity index (χ4n) is 4.56. The Balaban J connectivity index is 1.29. The van der Waals surface area contributed by atoms with E-state index >= 15 is 0 Å². The summed E-state index contributed by atoms with van der Waals surface area (Å²) < 4.78 is 27.3. The molecule has 2 fully saturated rings. The quantitative estimate of drug-likeness (QED) is 0.727. The summed E-state index contributed by atoms with van der Waals surface area (Å²) in [5.41, 5.74) is 1.28. The molecule has 1 aliphatic carbocycles. The van der Waals surface area contributed by atoms with Gasteiger partial charge in [-0.25, -0.2) is 13.1 Å². The molecular weight excluding hydrogens is 408 g/mol. The predicted octanol–water partition coefficient (Wildman–Crippen LogP) is 3.49. The topological polar surface area (TPSA) is 66.5 Å². The van der Waals surface area contributed by atoms with Crippen LogP contribution in [-0.4, -0.2) is 38.9 Å². The number of rotatable bonds is 7. The third-order valence-corrected chi connectivity index (χ3v) is 8.05. The highest BCUT2D eigenvalue weighted by molar-refractivity contribution is 7.90. The number of sulfonamides is 1. The Morgan fingerprint density at radius 2 is 1.79 bits per heavy atom. The molecule has 1 saturated heterocycles. The maximum absolute atomic E-state index is 12.7. The number of hydrogen-bond donors (Lipinski definition) is 1. The molecule has 1 spiro atoms. The van der Waals surface area contributed by atoms with E-state index in [1.54, 1.807) is 12.1 Å². The Kier molecular flexibility index (Phi) is 5.69. The molecule has 2 aromatic carbocycles. The van der Waals surface area contributed by atoms with Gasteiger partial charge in [0.15, 0.2) is 0 Å². The molecule has 29 heavy (non-hydrogen) atoms. The Bertz CT molecular complexity index is 988. The Labute approximate surface area is 177 Å². The van der Waals surface area contributed by atoms with Gasteiger partial charge < -0.3 is 4.90 Å². The number of amides is 1. The van der Waals surface area contributed by atoms with Crippen molar-refractivity contribution in [3.63, 3.8) is 0 Å². The molecule has 1 unspecified atom stereocenters. The number of aryl methyl sites for hydroxylation is 1. The van der Waals surface area contributed by atoms with Crippen LogP contribution in [0.25, 0.3) is 0 Å². The van der Waals surface area contributed by atoms with Crippen LogP contribution in [-0.2, 0) is 21.2 Å². The van der Waals surface area contributed by atoms with Gasteiger partial charge in [0.25, 0.3) is 10.0 Å². The molecule has 7 heteroatoms. The molecule has 1 saturated carbocycles. The number of halogens is 1. The largest absolute Gasteiger partial charge is 0.302 e. The first kappa shape index (κ1) is 20.4. The third kappa shape index (κ3) is 4.20. The number of nitrogens with one attached hydrogen (secondary N) is 1. The molecule has 1 atom stereocenters. The first-order valence-corrected chi connectivity index (χ1v) is 11.8. The van der Waals surface area contributed by atoms with E-state index in [0.29, 0.717) is 0 Å². The molecule has 2 aliphatic rings. The highest BCUT2D eigenvalue weighted by Crippen LogP contribution is 2.53. The summed E-state index contributed by atoms with van der Waals surface area (Å²) in [6.45, 7) is 2.74. The maximum Gasteiger partial charge on any atom is 0.265 e. The monoisotopic (exact) mass is 432 g/mol. The normalized spacial score (nSPS) is 20.7. The van der Waals surface area contributed by atoms with Crippen molar-refractivity contribution >= 4 is 27.5 Å². The second-order valence-corrected chi connectivity index (χ2v) is 10.2. The van der Waals surface area contributed by atoms with Crippen molar-refractivity contribution < 1.29 is 13.2 Å². The Hall–Kier alpha value is -1.89. The van der Waals surface area contributed by atoms with Gasteiger partial charge in [-0.3, -0.25) is 4.79 Å². The van der Waals surface area contributed by atoms with Crippen molar-refractivity contribution in [2.75, 3.05) is 19.6 Å². The number of carbonyl (C=O) groups is 1. The smallest absolute Gasteiger partial charge is 0.265 e. The highest BCUT2D eigenvalue weighted by Gasteiger charge is 2.57. The summed E-state index contributed by atoms with van der Waals surface area (Å²) in [5, 5.41) is 0.115. The van der Waals surface area contributed by atoms with Crippen molar-refractivity contribution in [3.8, 4) is 0 Å². The average Bonchev–Trinajstić information content (AvgIpc) is 2.63. The van der Waals surface area contributed by atoms with Crippen molar-refractivity contribution in [2.24, 2.45) is 11.3 Å². The van der Waals surface area contributed by atoms with Crippen LogP contribution in [0.1, 0.15) is 24.8 Å². The second kappa shape index (κ2) is 8.09. The van der Waals surface area contributed by atoms with E-state index in [4.69, 9.17) is 11.6 Å². The Morgan fingerprint density at radius 3 is 2.45 bits per heavy atom. The summed E-state index contributed by atoms with van der Waals surface area (Å²) in [6.07, 6.45) is 3.84. The summed E-state index contributed by atoms with van der Waals surface area (Å²) >= 11 is 5.99. The van der Waals surface area contributed by atoms with Gasteiger partial charge >= 0.3 is 0 Å². The standard InChI is InChI=1S/C22H25ClN2O3S/c23-19-10-4-5-11-20(19)29(27,28)24-21(26)18-12-13-22(18)15-25(16-22)14-6-9-17-7-2-1-3-8-17/h1-5,7-8,10-11,18H,6,9,12-16H2,(H,24,26). The lowest BCUT2D eigenvalue weighted by Crippen LogP contribution is -2.67. The molecule has 154 valence electrons. The molecule has 5 nitrogen and oxygen atoms in total. The molecule has 0 radical (unpaired) electrons. The van der Waals surface area contributed by atoms with Gasteiger partial charge in [-0.2, -0.15) is 0 Å². The van der Waals surface area contributed by atoms with Crippen LogP contribution in [0.15, 0.2) is 59.5 Å². The van der Waals surface area contributed by atoms with Gasteiger partial charge in [0.2, 0.25) is 5.91 Å². The molecular formula is C22H25ClN2O3S. The van der Waals surface area contributed by atoms with Gasteiger partial charge in [0.05, 0.1) is 5.02 Å². The fraction of sp³-hybridized carbons (Fsp3) is 0.409. The van der Waals surface area contributed by atoms with Gasteiger partial charge in [0, 0.05) is 24.4 Å². The van der Waals surface area contributed by atoms with E-state index in [0.717, 1.165) is 45.3 Å². The summed E-state index contributed by atoms with van der Waals surface area (Å²) in [6, 6.07) is 16.6. The van der Waals surface area contributed by atoms with E-state index in [2.05, 4.69) is 33.9 Å². The minimum absolute atomic E-state index is 0.0560. The van der Waals surface area contributed by atoms with Crippen molar-refractivity contribution in [1.29, 1.82) is 0 Å². The van der Waals surface area contributed by atoms with Crippen LogP contribution in [0.5, 0.6) is 0 Å². The summed E-state index contributed by atoms with van der Waals surface area (Å²) in [7, 11) is -3.95. The van der Waals surface area contributed by atoms with Gasteiger partial charge in [-0.15, -0.1) is 0 Å². The molecule has 1 heterocycles. The maximum atomic E-state index is 12.7. The lowest BCUT2D eigenvalue weighted by Gasteiger charge is -2.60. The van der Waals surface area contributed by atoms with Crippen molar-refractivity contribution in [3.05, 3.63) is 65.2 Å². The molecule has 4 rings (SSSR count). The zero-order valence-electron chi connectivity index (χ0n) is 16.2. The van der Waals surface area contributed by atoms with Crippen LogP contribution in [0.2, 0.25) is 5.02 Å². The Morgan fingerprint density at radius 1 is 1.10 bits per heavy atom. The van der Waals surface area contributed by atoms with E-state index in [9.17, 15) is 13.2 Å². The summed E-state index contributed by atoms with van der Waals surface area (Å²) in [5.74, 6) is -0.648.